The summed E-state index contributed by atoms with van der Waals surface area (Å²) in [6.45, 7) is 0.0795. The number of carboxylic acid groups (broad SMARTS) is 3. The number of hydrogen-bond donors (Lipinski definition) is 10. The number of aliphatic imine (C=N–C) groups is 1. The number of aromatic nitrogens is 2. The van der Waals surface area contributed by atoms with Crippen LogP contribution in [0.2, 0.25) is 0 Å². The quantitative estimate of drug-likeness (QED) is 0.0441. The third kappa shape index (κ3) is 13.2. The van der Waals surface area contributed by atoms with Gasteiger partial charge in [0, 0.05) is 37.7 Å². The molecule has 0 bridgehead atoms. The number of guanidine groups is 1. The molecule has 1 rings (SSSR count). The summed E-state index contributed by atoms with van der Waals surface area (Å²) in [5.41, 5.74) is 16.7. The van der Waals surface area contributed by atoms with E-state index in [9.17, 15) is 33.9 Å². The summed E-state index contributed by atoms with van der Waals surface area (Å²) in [4.78, 5) is 82.5. The topological polar surface area (TPSA) is 318 Å². The molecule has 0 aliphatic rings. The van der Waals surface area contributed by atoms with Gasteiger partial charge in [-0.15, -0.1) is 0 Å². The Labute approximate surface area is 228 Å². The molecule has 18 heteroatoms. The molecule has 4 atom stereocenters. The van der Waals surface area contributed by atoms with Gasteiger partial charge in [-0.2, -0.15) is 0 Å². The summed E-state index contributed by atoms with van der Waals surface area (Å²) in [6.07, 6.45) is 1.15. The normalized spacial score (nSPS) is 13.6. The average molecular weight is 570 g/mol. The Morgan fingerprint density at radius 3 is 1.93 bits per heavy atom. The summed E-state index contributed by atoms with van der Waals surface area (Å²) >= 11 is 0. The Morgan fingerprint density at radius 2 is 1.40 bits per heavy atom. The molecule has 222 valence electrons. The number of carbonyl (C=O) groups excluding carboxylic acids is 3. The van der Waals surface area contributed by atoms with E-state index < -0.39 is 72.6 Å². The van der Waals surface area contributed by atoms with Crippen molar-refractivity contribution in [3.63, 3.8) is 0 Å². The second kappa shape index (κ2) is 17.0. The van der Waals surface area contributed by atoms with Gasteiger partial charge in [-0.1, -0.05) is 0 Å². The number of carboxylic acids is 3. The Bertz CT molecular complexity index is 1060. The molecule has 0 aliphatic heterocycles. The van der Waals surface area contributed by atoms with Crippen LogP contribution in [-0.2, 0) is 35.2 Å². The summed E-state index contributed by atoms with van der Waals surface area (Å²) in [6, 6.07) is -5.46. The molecular weight excluding hydrogens is 534 g/mol. The van der Waals surface area contributed by atoms with Gasteiger partial charge in [0.1, 0.15) is 18.1 Å². The van der Waals surface area contributed by atoms with Crippen LogP contribution in [0.1, 0.15) is 44.2 Å². The molecule has 40 heavy (non-hydrogen) atoms. The first-order valence-electron chi connectivity index (χ1n) is 12.2. The molecule has 18 nitrogen and oxygen atoms in total. The third-order valence-electron chi connectivity index (χ3n) is 5.46. The van der Waals surface area contributed by atoms with Gasteiger partial charge in [0.05, 0.1) is 12.4 Å². The second-order valence-electron chi connectivity index (χ2n) is 8.72. The van der Waals surface area contributed by atoms with Crippen LogP contribution >= 0.6 is 0 Å². The molecule has 0 radical (unpaired) electrons. The van der Waals surface area contributed by atoms with E-state index in [0.29, 0.717) is 5.69 Å². The zero-order valence-corrected chi connectivity index (χ0v) is 21.5. The highest BCUT2D eigenvalue weighted by Gasteiger charge is 2.30. The predicted molar refractivity (Wildman–Crippen MR) is 137 cm³/mol. The SMILES string of the molecule is NC(N)=NCCCC(NC(=O)C(CCC(=O)O)NC(=O)C(N)CCC(=O)O)C(=O)NC(Cc1cnc[nH]1)C(=O)O. The Balaban J connectivity index is 3.06. The second-order valence-corrected chi connectivity index (χ2v) is 8.72. The molecule has 1 heterocycles. The maximum atomic E-state index is 13.1. The van der Waals surface area contributed by atoms with Crippen molar-refractivity contribution in [3.05, 3.63) is 18.2 Å². The molecule has 4 unspecified atom stereocenters. The van der Waals surface area contributed by atoms with Crippen molar-refractivity contribution in [2.75, 3.05) is 6.54 Å². The van der Waals surface area contributed by atoms with Gasteiger partial charge in [0.25, 0.3) is 0 Å². The summed E-state index contributed by atoms with van der Waals surface area (Å²) in [5.74, 6) is -6.72. The molecule has 1 aromatic rings. The lowest BCUT2D eigenvalue weighted by atomic mass is 10.1. The van der Waals surface area contributed by atoms with E-state index >= 15 is 0 Å². The number of nitrogens with two attached hydrogens (primary N) is 3. The number of imidazole rings is 1. The highest BCUT2D eigenvalue weighted by atomic mass is 16.4. The van der Waals surface area contributed by atoms with E-state index in [4.69, 9.17) is 27.4 Å². The smallest absolute Gasteiger partial charge is 0.326 e. The number of rotatable bonds is 19. The van der Waals surface area contributed by atoms with E-state index in [1.807, 2.05) is 0 Å². The average Bonchev–Trinajstić information content (AvgIpc) is 3.38. The lowest BCUT2D eigenvalue weighted by Crippen LogP contribution is -2.57. The highest BCUT2D eigenvalue weighted by molar-refractivity contribution is 5.94. The Morgan fingerprint density at radius 1 is 0.850 bits per heavy atom. The van der Waals surface area contributed by atoms with E-state index in [0.717, 1.165) is 0 Å². The summed E-state index contributed by atoms with van der Waals surface area (Å²) < 4.78 is 0. The van der Waals surface area contributed by atoms with E-state index in [1.165, 1.54) is 12.5 Å². The minimum atomic E-state index is -1.45. The van der Waals surface area contributed by atoms with Crippen LogP contribution < -0.4 is 33.2 Å². The number of aliphatic carboxylic acids is 3. The van der Waals surface area contributed by atoms with Crippen molar-refractivity contribution in [1.29, 1.82) is 0 Å². The van der Waals surface area contributed by atoms with E-state index in [1.54, 1.807) is 0 Å². The number of nitrogens with zero attached hydrogens (tertiary/aromatic N) is 2. The van der Waals surface area contributed by atoms with Gasteiger partial charge in [-0.25, -0.2) is 9.78 Å². The van der Waals surface area contributed by atoms with Gasteiger partial charge in [-0.05, 0) is 25.7 Å². The Kier molecular flexibility index (Phi) is 14.1. The Hall–Kier alpha value is -4.74. The van der Waals surface area contributed by atoms with Gasteiger partial charge < -0.3 is 53.5 Å². The van der Waals surface area contributed by atoms with Crippen LogP contribution in [0.5, 0.6) is 0 Å². The lowest BCUT2D eigenvalue weighted by molar-refractivity contribution is -0.142. The molecule has 1 aromatic heterocycles. The molecule has 0 saturated carbocycles. The zero-order chi connectivity index (χ0) is 30.2. The first-order valence-corrected chi connectivity index (χ1v) is 12.2. The standard InChI is InChI=1S/C22H35N9O9/c23-12(3-5-16(32)33)18(36)29-14(4-6-17(34)35)20(38)30-13(2-1-7-27-22(24)25)19(37)31-15(21(39)40)8-11-9-26-10-28-11/h9-10,12-15H,1-8,23H2,(H,26,28)(H,29,36)(H,30,38)(H,31,37)(H,32,33)(H,34,35)(H,39,40)(H4,24,25,27). The minimum absolute atomic E-state index is 0.0531. The third-order valence-corrected chi connectivity index (χ3v) is 5.46. The largest absolute Gasteiger partial charge is 0.481 e. The van der Waals surface area contributed by atoms with Crippen molar-refractivity contribution >= 4 is 41.6 Å². The fourth-order valence-electron chi connectivity index (χ4n) is 3.36. The number of H-pyrrole nitrogens is 1. The first-order chi connectivity index (χ1) is 18.8. The number of hydrogen-bond acceptors (Lipinski definition) is 9. The van der Waals surface area contributed by atoms with Crippen molar-refractivity contribution in [1.82, 2.24) is 25.9 Å². The summed E-state index contributed by atoms with van der Waals surface area (Å²) in [5, 5.41) is 34.4. The highest BCUT2D eigenvalue weighted by Crippen LogP contribution is 2.06. The number of nitrogens with one attached hydrogen (secondary N) is 4. The molecule has 0 spiro atoms. The minimum Gasteiger partial charge on any atom is -0.481 e. The van der Waals surface area contributed by atoms with Crippen molar-refractivity contribution in [2.45, 2.75) is 69.1 Å². The van der Waals surface area contributed by atoms with Crippen LogP contribution in [0.3, 0.4) is 0 Å². The lowest BCUT2D eigenvalue weighted by Gasteiger charge is -2.25. The van der Waals surface area contributed by atoms with Gasteiger partial charge in [0.2, 0.25) is 17.7 Å². The molecule has 0 fully saturated rings. The van der Waals surface area contributed by atoms with Gasteiger partial charge in [0.15, 0.2) is 5.96 Å². The molecule has 0 aromatic carbocycles. The summed E-state index contributed by atoms with van der Waals surface area (Å²) in [7, 11) is 0. The van der Waals surface area contributed by atoms with Gasteiger partial charge in [-0.3, -0.25) is 29.0 Å². The fraction of sp³-hybridized carbons (Fsp3) is 0.545. The molecular formula is C22H35N9O9. The first kappa shape index (κ1) is 33.3. The maximum absolute atomic E-state index is 13.1. The number of carbonyl (C=O) groups is 6. The van der Waals surface area contributed by atoms with Crippen LogP contribution in [-0.4, -0.2) is 97.6 Å². The molecule has 0 aliphatic carbocycles. The van der Waals surface area contributed by atoms with E-state index in [-0.39, 0.29) is 44.6 Å². The van der Waals surface area contributed by atoms with Crippen molar-refractivity contribution in [3.8, 4) is 0 Å². The predicted octanol–water partition coefficient (Wildman–Crippen LogP) is -3.40. The fourth-order valence-corrected chi connectivity index (χ4v) is 3.36. The van der Waals surface area contributed by atoms with E-state index in [2.05, 4.69) is 30.9 Å². The molecule has 3 amide bonds. The number of amides is 3. The van der Waals surface area contributed by atoms with Crippen molar-refractivity contribution < 1.29 is 44.1 Å². The maximum Gasteiger partial charge on any atom is 0.326 e. The van der Waals surface area contributed by atoms with Crippen LogP contribution in [0.15, 0.2) is 17.5 Å². The number of aromatic amines is 1. The monoisotopic (exact) mass is 569 g/mol. The zero-order valence-electron chi connectivity index (χ0n) is 21.5. The van der Waals surface area contributed by atoms with Crippen LogP contribution in [0, 0.1) is 0 Å². The molecule has 13 N–H and O–H groups in total. The van der Waals surface area contributed by atoms with Crippen LogP contribution in [0.4, 0.5) is 0 Å². The van der Waals surface area contributed by atoms with Gasteiger partial charge >= 0.3 is 17.9 Å². The van der Waals surface area contributed by atoms with Crippen molar-refractivity contribution in [2.24, 2.45) is 22.2 Å². The van der Waals surface area contributed by atoms with Crippen LogP contribution in [0.25, 0.3) is 0 Å². The molecule has 0 saturated heterocycles.